The number of cyclic esters (lactones) is 2. The molecule has 1 aromatic carbocycles. The normalized spacial score (nSPS) is 17.8. The quantitative estimate of drug-likeness (QED) is 0.454. The van der Waals surface area contributed by atoms with Gasteiger partial charge in [-0.3, -0.25) is 0 Å². The number of carbonyl (C=O) groups is 2. The van der Waals surface area contributed by atoms with E-state index >= 15 is 0 Å². The molecular weight excluding hydrogens is 291 g/mol. The van der Waals surface area contributed by atoms with Gasteiger partial charge in [-0.2, -0.15) is 0 Å². The number of halogens is 2. The van der Waals surface area contributed by atoms with Crippen LogP contribution in [0.5, 0.6) is 0 Å². The average molecular weight is 301 g/mol. The number of esters is 2. The van der Waals surface area contributed by atoms with Crippen LogP contribution in [0.25, 0.3) is 6.08 Å². The fourth-order valence-corrected chi connectivity index (χ4v) is 1.91. The lowest BCUT2D eigenvalue weighted by Gasteiger charge is -2.29. The zero-order chi connectivity index (χ0) is 14.2. The van der Waals surface area contributed by atoms with Gasteiger partial charge in [0.05, 0.1) is 0 Å². The van der Waals surface area contributed by atoms with Gasteiger partial charge in [-0.25, -0.2) is 9.59 Å². The van der Waals surface area contributed by atoms with Crippen molar-refractivity contribution in [2.24, 2.45) is 0 Å². The Morgan fingerprint density at radius 2 is 1.68 bits per heavy atom. The fraction of sp³-hybridized carbons (Fsp3) is 0.231. The minimum Gasteiger partial charge on any atom is -0.419 e. The van der Waals surface area contributed by atoms with Crippen LogP contribution in [0.2, 0.25) is 10.0 Å². The van der Waals surface area contributed by atoms with E-state index in [1.165, 1.54) is 26.0 Å². The van der Waals surface area contributed by atoms with Gasteiger partial charge in [-0.05, 0) is 29.8 Å². The first-order chi connectivity index (χ1) is 8.78. The molecule has 0 N–H and O–H groups in total. The Bertz CT molecular complexity index is 568. The van der Waals surface area contributed by atoms with Gasteiger partial charge in [0.1, 0.15) is 5.57 Å². The Labute approximate surface area is 119 Å². The summed E-state index contributed by atoms with van der Waals surface area (Å²) in [5, 5.41) is 0.802. The molecular formula is C13H10Cl2O4. The van der Waals surface area contributed by atoms with Crippen molar-refractivity contribution in [2.75, 3.05) is 0 Å². The third-order valence-electron chi connectivity index (χ3n) is 2.37. The smallest absolute Gasteiger partial charge is 0.348 e. The molecule has 4 nitrogen and oxygen atoms in total. The number of hydrogen-bond donors (Lipinski definition) is 0. The van der Waals surface area contributed by atoms with Gasteiger partial charge in [-0.1, -0.05) is 23.2 Å². The first-order valence-corrected chi connectivity index (χ1v) is 6.17. The highest BCUT2D eigenvalue weighted by Crippen LogP contribution is 2.27. The summed E-state index contributed by atoms with van der Waals surface area (Å²) in [4.78, 5) is 23.5. The van der Waals surface area contributed by atoms with E-state index in [2.05, 4.69) is 0 Å². The third kappa shape index (κ3) is 3.08. The Morgan fingerprint density at radius 3 is 2.26 bits per heavy atom. The maximum absolute atomic E-state index is 11.8. The molecule has 1 aliphatic rings. The Hall–Kier alpha value is -1.52. The summed E-state index contributed by atoms with van der Waals surface area (Å²) in [5.41, 5.74) is 0.223. The van der Waals surface area contributed by atoms with Gasteiger partial charge in [0.25, 0.3) is 5.79 Å². The molecule has 19 heavy (non-hydrogen) atoms. The van der Waals surface area contributed by atoms with E-state index < -0.39 is 17.7 Å². The summed E-state index contributed by atoms with van der Waals surface area (Å²) in [5.74, 6) is -2.77. The molecule has 6 heteroatoms. The largest absolute Gasteiger partial charge is 0.419 e. The van der Waals surface area contributed by atoms with Crippen molar-refractivity contribution in [1.29, 1.82) is 0 Å². The Balaban J connectivity index is 2.41. The van der Waals surface area contributed by atoms with Crippen LogP contribution in [0.1, 0.15) is 19.4 Å². The summed E-state index contributed by atoms with van der Waals surface area (Å²) in [6.45, 7) is 2.96. The van der Waals surface area contributed by atoms with Crippen LogP contribution in [0.3, 0.4) is 0 Å². The second kappa shape index (κ2) is 4.87. The second-order valence-electron chi connectivity index (χ2n) is 4.40. The molecule has 1 aliphatic heterocycles. The predicted molar refractivity (Wildman–Crippen MR) is 70.7 cm³/mol. The van der Waals surface area contributed by atoms with Crippen molar-refractivity contribution in [3.05, 3.63) is 39.4 Å². The lowest BCUT2D eigenvalue weighted by atomic mass is 10.1. The number of hydrogen-bond acceptors (Lipinski definition) is 4. The lowest BCUT2D eigenvalue weighted by molar-refractivity contribution is -0.222. The molecule has 0 radical (unpaired) electrons. The maximum Gasteiger partial charge on any atom is 0.348 e. The SMILES string of the molecule is CC1(C)OC(=O)C(=Cc2cc(Cl)ccc2Cl)C(=O)O1. The van der Waals surface area contributed by atoms with E-state index in [1.54, 1.807) is 12.1 Å². The van der Waals surface area contributed by atoms with Crippen molar-refractivity contribution in [3.8, 4) is 0 Å². The summed E-state index contributed by atoms with van der Waals surface area (Å²) in [6.07, 6.45) is 1.30. The van der Waals surface area contributed by atoms with E-state index in [4.69, 9.17) is 32.7 Å². The first kappa shape index (κ1) is 13.9. The van der Waals surface area contributed by atoms with Crippen molar-refractivity contribution >= 4 is 41.2 Å². The van der Waals surface area contributed by atoms with Crippen molar-refractivity contribution in [2.45, 2.75) is 19.6 Å². The average Bonchev–Trinajstić information content (AvgIpc) is 2.26. The van der Waals surface area contributed by atoms with E-state index in [0.717, 1.165) is 0 Å². The molecule has 0 saturated carbocycles. The minimum absolute atomic E-state index is 0.219. The molecule has 0 aliphatic carbocycles. The molecule has 1 fully saturated rings. The van der Waals surface area contributed by atoms with Gasteiger partial charge in [0.2, 0.25) is 0 Å². The van der Waals surface area contributed by atoms with Crippen LogP contribution in [0, 0.1) is 0 Å². The Kier molecular flexibility index (Phi) is 3.56. The molecule has 1 heterocycles. The van der Waals surface area contributed by atoms with Crippen molar-refractivity contribution < 1.29 is 19.1 Å². The lowest BCUT2D eigenvalue weighted by Crippen LogP contribution is -2.41. The van der Waals surface area contributed by atoms with Gasteiger partial charge >= 0.3 is 11.9 Å². The number of ether oxygens (including phenoxy) is 2. The molecule has 1 aromatic rings. The van der Waals surface area contributed by atoms with E-state index in [-0.39, 0.29) is 5.57 Å². The molecule has 1 saturated heterocycles. The van der Waals surface area contributed by atoms with E-state index in [0.29, 0.717) is 15.6 Å². The van der Waals surface area contributed by atoms with Gasteiger partial charge in [0.15, 0.2) is 0 Å². The van der Waals surface area contributed by atoms with Crippen molar-refractivity contribution in [1.82, 2.24) is 0 Å². The van der Waals surface area contributed by atoms with Crippen LogP contribution in [0.15, 0.2) is 23.8 Å². The third-order valence-corrected chi connectivity index (χ3v) is 2.95. The maximum atomic E-state index is 11.8. The highest BCUT2D eigenvalue weighted by molar-refractivity contribution is 6.34. The van der Waals surface area contributed by atoms with Crippen LogP contribution in [0.4, 0.5) is 0 Å². The molecule has 0 bridgehead atoms. The monoisotopic (exact) mass is 300 g/mol. The predicted octanol–water partition coefficient (Wildman–Crippen LogP) is 3.21. The first-order valence-electron chi connectivity index (χ1n) is 5.42. The summed E-state index contributed by atoms with van der Waals surface area (Å²) in [6, 6.07) is 4.71. The van der Waals surface area contributed by atoms with E-state index in [9.17, 15) is 9.59 Å². The summed E-state index contributed by atoms with van der Waals surface area (Å²) < 4.78 is 9.95. The van der Waals surface area contributed by atoms with Crippen LogP contribution in [-0.2, 0) is 19.1 Å². The van der Waals surface area contributed by atoms with Gasteiger partial charge < -0.3 is 9.47 Å². The topological polar surface area (TPSA) is 52.6 Å². The highest BCUT2D eigenvalue weighted by atomic mass is 35.5. The standard InChI is InChI=1S/C13H10Cl2O4/c1-13(2)18-11(16)9(12(17)19-13)6-7-5-8(14)3-4-10(7)15/h3-6H,1-2H3. The molecule has 2 rings (SSSR count). The van der Waals surface area contributed by atoms with Crippen molar-refractivity contribution in [3.63, 3.8) is 0 Å². The summed E-state index contributed by atoms with van der Waals surface area (Å²) in [7, 11) is 0. The highest BCUT2D eigenvalue weighted by Gasteiger charge is 2.38. The minimum atomic E-state index is -1.26. The molecule has 0 amide bonds. The number of carbonyl (C=O) groups excluding carboxylic acids is 2. The molecule has 0 aromatic heterocycles. The number of rotatable bonds is 1. The van der Waals surface area contributed by atoms with Crippen LogP contribution >= 0.6 is 23.2 Å². The van der Waals surface area contributed by atoms with Crippen LogP contribution in [-0.4, -0.2) is 17.7 Å². The Morgan fingerprint density at radius 1 is 1.11 bits per heavy atom. The summed E-state index contributed by atoms with van der Waals surface area (Å²) >= 11 is 11.8. The van der Waals surface area contributed by atoms with Gasteiger partial charge in [0, 0.05) is 23.9 Å². The molecule has 100 valence electrons. The van der Waals surface area contributed by atoms with Crippen LogP contribution < -0.4 is 0 Å². The zero-order valence-electron chi connectivity index (χ0n) is 10.2. The second-order valence-corrected chi connectivity index (χ2v) is 5.25. The fourth-order valence-electron chi connectivity index (χ4n) is 1.56. The van der Waals surface area contributed by atoms with E-state index in [1.807, 2.05) is 0 Å². The zero-order valence-corrected chi connectivity index (χ0v) is 11.7. The molecule has 0 unspecified atom stereocenters. The molecule has 0 atom stereocenters. The van der Waals surface area contributed by atoms with Gasteiger partial charge in [-0.15, -0.1) is 0 Å². The molecule has 0 spiro atoms. The number of benzene rings is 1.